The van der Waals surface area contributed by atoms with Crippen molar-refractivity contribution in [3.8, 4) is 10.6 Å². The van der Waals surface area contributed by atoms with Gasteiger partial charge in [0.15, 0.2) is 0 Å². The molecule has 0 amide bonds. The molecule has 0 saturated carbocycles. The fourth-order valence-electron chi connectivity index (χ4n) is 1.92. The van der Waals surface area contributed by atoms with Crippen LogP contribution in [-0.4, -0.2) is 32.6 Å². The highest BCUT2D eigenvalue weighted by atomic mass is 32.1. The Kier molecular flexibility index (Phi) is 10.9. The van der Waals surface area contributed by atoms with Crippen molar-refractivity contribution in [1.29, 1.82) is 0 Å². The van der Waals surface area contributed by atoms with E-state index in [1.165, 1.54) is 10.4 Å². The SMILES string of the molecule is Cc1ccc(S)cc1.Cc1sc(-c2cccnc2)nc1CCO.O.O. The molecule has 5 nitrogen and oxygen atoms in total. The highest BCUT2D eigenvalue weighted by molar-refractivity contribution is 7.80. The van der Waals surface area contributed by atoms with Gasteiger partial charge in [0.05, 0.1) is 5.69 Å². The third kappa shape index (κ3) is 7.33. The molecule has 136 valence electrons. The lowest BCUT2D eigenvalue weighted by Crippen LogP contribution is -1.92. The van der Waals surface area contributed by atoms with Crippen LogP contribution in [-0.2, 0) is 6.42 Å². The van der Waals surface area contributed by atoms with Gasteiger partial charge in [-0.15, -0.1) is 24.0 Å². The molecule has 5 N–H and O–H groups in total. The average molecular weight is 381 g/mol. The highest BCUT2D eigenvalue weighted by Gasteiger charge is 2.08. The maximum absolute atomic E-state index is 8.88. The number of pyridine rings is 1. The predicted molar refractivity (Wildman–Crippen MR) is 107 cm³/mol. The van der Waals surface area contributed by atoms with E-state index in [2.05, 4.69) is 29.5 Å². The maximum Gasteiger partial charge on any atom is 0.125 e. The van der Waals surface area contributed by atoms with Gasteiger partial charge in [-0.25, -0.2) is 4.98 Å². The van der Waals surface area contributed by atoms with E-state index in [1.54, 1.807) is 23.7 Å². The van der Waals surface area contributed by atoms with Crippen molar-refractivity contribution < 1.29 is 16.1 Å². The molecule has 0 radical (unpaired) electrons. The molecule has 2 aromatic heterocycles. The minimum absolute atomic E-state index is 0. The molecule has 0 unspecified atom stereocenters. The number of thiazole rings is 1. The number of aliphatic hydroxyl groups excluding tert-OH is 1. The van der Waals surface area contributed by atoms with Crippen LogP contribution < -0.4 is 0 Å². The van der Waals surface area contributed by atoms with E-state index in [0.29, 0.717) is 6.42 Å². The van der Waals surface area contributed by atoms with Crippen LogP contribution in [0.2, 0.25) is 0 Å². The molecule has 3 aromatic rings. The van der Waals surface area contributed by atoms with Crippen molar-refractivity contribution in [2.45, 2.75) is 25.2 Å². The molecule has 25 heavy (non-hydrogen) atoms. The first-order valence-electron chi connectivity index (χ1n) is 7.33. The lowest BCUT2D eigenvalue weighted by atomic mass is 10.2. The number of aromatic nitrogens is 2. The van der Waals surface area contributed by atoms with E-state index in [1.807, 2.05) is 43.3 Å². The number of benzene rings is 1. The van der Waals surface area contributed by atoms with Crippen LogP contribution in [0.1, 0.15) is 16.1 Å². The Balaban J connectivity index is 0.000000497. The number of aliphatic hydroxyl groups is 1. The summed E-state index contributed by atoms with van der Waals surface area (Å²) in [5, 5.41) is 9.85. The van der Waals surface area contributed by atoms with Crippen molar-refractivity contribution in [2.75, 3.05) is 6.61 Å². The summed E-state index contributed by atoms with van der Waals surface area (Å²) in [5.41, 5.74) is 3.30. The summed E-state index contributed by atoms with van der Waals surface area (Å²) in [7, 11) is 0. The zero-order chi connectivity index (χ0) is 16.7. The van der Waals surface area contributed by atoms with E-state index in [0.717, 1.165) is 21.2 Å². The summed E-state index contributed by atoms with van der Waals surface area (Å²) in [6.45, 7) is 4.24. The first kappa shape index (κ1) is 23.2. The zero-order valence-corrected chi connectivity index (χ0v) is 15.9. The van der Waals surface area contributed by atoms with Gasteiger partial charge < -0.3 is 16.1 Å². The van der Waals surface area contributed by atoms with Gasteiger partial charge in [0.1, 0.15) is 5.01 Å². The van der Waals surface area contributed by atoms with Crippen LogP contribution in [0.4, 0.5) is 0 Å². The average Bonchev–Trinajstić information content (AvgIpc) is 2.93. The van der Waals surface area contributed by atoms with Gasteiger partial charge in [-0.2, -0.15) is 0 Å². The molecule has 1 aromatic carbocycles. The second kappa shape index (κ2) is 11.7. The van der Waals surface area contributed by atoms with E-state index in [4.69, 9.17) is 5.11 Å². The van der Waals surface area contributed by atoms with Gasteiger partial charge in [0.25, 0.3) is 0 Å². The number of hydrogen-bond donors (Lipinski definition) is 2. The molecule has 7 heteroatoms. The Bertz CT molecular complexity index is 711. The summed E-state index contributed by atoms with van der Waals surface area (Å²) in [5.74, 6) is 0. The highest BCUT2D eigenvalue weighted by Crippen LogP contribution is 2.26. The Labute approximate surface area is 157 Å². The van der Waals surface area contributed by atoms with Crippen LogP contribution >= 0.6 is 24.0 Å². The molecule has 0 atom stereocenters. The number of nitrogens with zero attached hydrogens (tertiary/aromatic N) is 2. The van der Waals surface area contributed by atoms with Crippen molar-refractivity contribution in [3.63, 3.8) is 0 Å². The molecular weight excluding hydrogens is 356 g/mol. The van der Waals surface area contributed by atoms with Gasteiger partial charge in [0.2, 0.25) is 0 Å². The van der Waals surface area contributed by atoms with Crippen LogP contribution in [0.15, 0.2) is 53.7 Å². The van der Waals surface area contributed by atoms with Gasteiger partial charge in [0, 0.05) is 40.8 Å². The second-order valence-electron chi connectivity index (χ2n) is 5.07. The fraction of sp³-hybridized carbons (Fsp3) is 0.222. The maximum atomic E-state index is 8.88. The summed E-state index contributed by atoms with van der Waals surface area (Å²) in [6.07, 6.45) is 4.18. The number of aryl methyl sites for hydroxylation is 2. The summed E-state index contributed by atoms with van der Waals surface area (Å²) >= 11 is 5.78. The molecule has 0 aliphatic carbocycles. The van der Waals surface area contributed by atoms with Crippen LogP contribution in [0.5, 0.6) is 0 Å². The molecule has 2 heterocycles. The number of hydrogen-bond acceptors (Lipinski definition) is 5. The second-order valence-corrected chi connectivity index (χ2v) is 6.79. The Hall–Kier alpha value is -1.77. The number of thiol groups is 1. The Morgan fingerprint density at radius 2 is 1.76 bits per heavy atom. The van der Waals surface area contributed by atoms with Gasteiger partial charge in [-0.05, 0) is 38.1 Å². The van der Waals surface area contributed by atoms with Crippen molar-refractivity contribution in [3.05, 3.63) is 64.9 Å². The summed E-state index contributed by atoms with van der Waals surface area (Å²) in [4.78, 5) is 10.7. The first-order chi connectivity index (χ1) is 11.1. The Morgan fingerprint density at radius 1 is 1.08 bits per heavy atom. The van der Waals surface area contributed by atoms with E-state index >= 15 is 0 Å². The molecule has 0 aliphatic heterocycles. The first-order valence-corrected chi connectivity index (χ1v) is 8.59. The zero-order valence-electron chi connectivity index (χ0n) is 14.2. The van der Waals surface area contributed by atoms with Gasteiger partial charge in [-0.1, -0.05) is 17.7 Å². The lowest BCUT2D eigenvalue weighted by Gasteiger charge is -1.93. The van der Waals surface area contributed by atoms with Crippen molar-refractivity contribution >= 4 is 24.0 Å². The molecule has 0 spiro atoms. The van der Waals surface area contributed by atoms with Gasteiger partial charge >= 0.3 is 0 Å². The lowest BCUT2D eigenvalue weighted by molar-refractivity contribution is 0.298. The minimum Gasteiger partial charge on any atom is -0.412 e. The van der Waals surface area contributed by atoms with E-state index in [9.17, 15) is 0 Å². The molecule has 0 bridgehead atoms. The van der Waals surface area contributed by atoms with Crippen molar-refractivity contribution in [1.82, 2.24) is 9.97 Å². The monoisotopic (exact) mass is 380 g/mol. The van der Waals surface area contributed by atoms with Crippen LogP contribution in [0.25, 0.3) is 10.6 Å². The fourth-order valence-corrected chi connectivity index (χ4v) is 3.02. The number of rotatable bonds is 3. The van der Waals surface area contributed by atoms with Crippen LogP contribution in [0.3, 0.4) is 0 Å². The van der Waals surface area contributed by atoms with E-state index in [-0.39, 0.29) is 17.6 Å². The molecule has 3 rings (SSSR count). The van der Waals surface area contributed by atoms with E-state index < -0.39 is 0 Å². The summed E-state index contributed by atoms with van der Waals surface area (Å²) in [6, 6.07) is 12.0. The molecule has 0 aliphatic rings. The standard InChI is InChI=1S/C11H12N2OS.C7H8S.2H2O/c1-8-10(4-6-14)13-11(15-8)9-3-2-5-12-7-9;1-6-2-4-7(8)5-3-6;;/h2-3,5,7,14H,4,6H2,1H3;2-5,8H,1H3;2*1H2. The smallest absolute Gasteiger partial charge is 0.125 e. The quantitative estimate of drug-likeness (QED) is 0.682. The van der Waals surface area contributed by atoms with Crippen LogP contribution in [0, 0.1) is 13.8 Å². The predicted octanol–water partition coefficient (Wildman–Crippen LogP) is 2.68. The third-order valence-electron chi connectivity index (χ3n) is 3.18. The molecule has 0 saturated heterocycles. The minimum atomic E-state index is 0. The Morgan fingerprint density at radius 3 is 2.28 bits per heavy atom. The summed E-state index contributed by atoms with van der Waals surface area (Å²) < 4.78 is 0. The normalized spacial score (nSPS) is 9.28. The largest absolute Gasteiger partial charge is 0.412 e. The third-order valence-corrected chi connectivity index (χ3v) is 4.54. The topological polar surface area (TPSA) is 109 Å². The van der Waals surface area contributed by atoms with Crippen molar-refractivity contribution in [2.24, 2.45) is 0 Å². The molecule has 0 fully saturated rings. The molecular formula is C18H24N2O3S2. The van der Waals surface area contributed by atoms with Gasteiger partial charge in [-0.3, -0.25) is 4.98 Å².